The van der Waals surface area contributed by atoms with Crippen molar-refractivity contribution in [3.63, 3.8) is 0 Å². The SMILES string of the molecule is CC(C)/C=C/CNC(=O)C1CCC1(F)F. The third kappa shape index (κ3) is 3.29. The fraction of sp³-hybridized carbons (Fsp3) is 0.727. The summed E-state index contributed by atoms with van der Waals surface area (Å²) in [6.45, 7) is 4.36. The van der Waals surface area contributed by atoms with Gasteiger partial charge in [0.2, 0.25) is 5.91 Å². The van der Waals surface area contributed by atoms with E-state index in [2.05, 4.69) is 5.32 Å². The number of carbonyl (C=O) groups excluding carboxylic acids is 1. The van der Waals surface area contributed by atoms with Crippen molar-refractivity contribution in [3.8, 4) is 0 Å². The number of allylic oxidation sites excluding steroid dienone is 1. The lowest BCUT2D eigenvalue weighted by atomic mass is 9.80. The molecule has 1 rings (SSSR count). The van der Waals surface area contributed by atoms with E-state index in [0.29, 0.717) is 18.9 Å². The number of amides is 1. The van der Waals surface area contributed by atoms with Crippen LogP contribution in [-0.2, 0) is 4.79 Å². The molecule has 1 atom stereocenters. The van der Waals surface area contributed by atoms with Crippen LogP contribution in [0.25, 0.3) is 0 Å². The molecular weight excluding hydrogens is 200 g/mol. The van der Waals surface area contributed by atoms with Gasteiger partial charge in [-0.2, -0.15) is 0 Å². The van der Waals surface area contributed by atoms with Crippen molar-refractivity contribution in [3.05, 3.63) is 12.2 Å². The number of carbonyl (C=O) groups is 1. The average Bonchev–Trinajstić information content (AvgIpc) is 2.10. The fourth-order valence-electron chi connectivity index (χ4n) is 1.45. The summed E-state index contributed by atoms with van der Waals surface area (Å²) in [6.07, 6.45) is 3.86. The summed E-state index contributed by atoms with van der Waals surface area (Å²) >= 11 is 0. The van der Waals surface area contributed by atoms with Gasteiger partial charge in [-0.15, -0.1) is 0 Å². The lowest BCUT2D eigenvalue weighted by Gasteiger charge is -2.34. The lowest BCUT2D eigenvalue weighted by Crippen LogP contribution is -2.48. The zero-order valence-corrected chi connectivity index (χ0v) is 9.09. The smallest absolute Gasteiger partial charge is 0.259 e. The largest absolute Gasteiger partial charge is 0.352 e. The molecule has 2 nitrogen and oxygen atoms in total. The molecule has 4 heteroatoms. The molecule has 0 radical (unpaired) electrons. The zero-order chi connectivity index (χ0) is 11.5. The Kier molecular flexibility index (Phi) is 3.83. The minimum absolute atomic E-state index is 0.160. The molecule has 15 heavy (non-hydrogen) atoms. The van der Waals surface area contributed by atoms with Crippen LogP contribution in [0.1, 0.15) is 26.7 Å². The van der Waals surface area contributed by atoms with E-state index in [9.17, 15) is 13.6 Å². The van der Waals surface area contributed by atoms with Crippen molar-refractivity contribution in [2.45, 2.75) is 32.6 Å². The third-order valence-corrected chi connectivity index (χ3v) is 2.51. The summed E-state index contributed by atoms with van der Waals surface area (Å²) in [4.78, 5) is 11.3. The summed E-state index contributed by atoms with van der Waals surface area (Å²) in [5.74, 6) is -4.01. The second-order valence-corrected chi connectivity index (χ2v) is 4.27. The number of hydrogen-bond acceptors (Lipinski definition) is 1. The average molecular weight is 217 g/mol. The molecular formula is C11H17F2NO. The van der Waals surface area contributed by atoms with Crippen LogP contribution >= 0.6 is 0 Å². The van der Waals surface area contributed by atoms with Gasteiger partial charge in [0.25, 0.3) is 5.92 Å². The van der Waals surface area contributed by atoms with E-state index in [1.165, 1.54) is 0 Å². The van der Waals surface area contributed by atoms with Gasteiger partial charge < -0.3 is 5.32 Å². The summed E-state index contributed by atoms with van der Waals surface area (Å²) in [5.41, 5.74) is 0. The second kappa shape index (κ2) is 4.73. The van der Waals surface area contributed by atoms with Crippen LogP contribution in [0.2, 0.25) is 0 Å². The maximum Gasteiger partial charge on any atom is 0.259 e. The van der Waals surface area contributed by atoms with E-state index in [-0.39, 0.29) is 6.42 Å². The number of rotatable bonds is 4. The van der Waals surface area contributed by atoms with Gasteiger partial charge in [0.1, 0.15) is 5.92 Å². The molecule has 1 saturated carbocycles. The fourth-order valence-corrected chi connectivity index (χ4v) is 1.45. The Morgan fingerprint density at radius 3 is 2.67 bits per heavy atom. The minimum atomic E-state index is -2.79. The summed E-state index contributed by atoms with van der Waals surface area (Å²) in [6, 6.07) is 0. The molecule has 0 saturated heterocycles. The number of alkyl halides is 2. The first kappa shape index (κ1) is 12.1. The monoisotopic (exact) mass is 217 g/mol. The van der Waals surface area contributed by atoms with Crippen LogP contribution in [0.4, 0.5) is 8.78 Å². The quantitative estimate of drug-likeness (QED) is 0.720. The number of halogens is 2. The van der Waals surface area contributed by atoms with Gasteiger partial charge >= 0.3 is 0 Å². The molecule has 0 bridgehead atoms. The highest BCUT2D eigenvalue weighted by Gasteiger charge is 2.52. The van der Waals surface area contributed by atoms with Gasteiger partial charge in [0, 0.05) is 13.0 Å². The minimum Gasteiger partial charge on any atom is -0.352 e. The van der Waals surface area contributed by atoms with E-state index >= 15 is 0 Å². The molecule has 1 aliphatic carbocycles. The maximum atomic E-state index is 12.8. The van der Waals surface area contributed by atoms with Crippen LogP contribution in [0.3, 0.4) is 0 Å². The molecule has 1 unspecified atom stereocenters. The Hall–Kier alpha value is -0.930. The van der Waals surface area contributed by atoms with Gasteiger partial charge in [0.15, 0.2) is 0 Å². The van der Waals surface area contributed by atoms with Crippen LogP contribution in [0.5, 0.6) is 0 Å². The Bertz CT molecular complexity index is 261. The van der Waals surface area contributed by atoms with Crippen molar-refractivity contribution < 1.29 is 13.6 Å². The van der Waals surface area contributed by atoms with Crippen LogP contribution < -0.4 is 5.32 Å². The summed E-state index contributed by atoms with van der Waals surface area (Å²) < 4.78 is 25.6. The number of hydrogen-bond donors (Lipinski definition) is 1. The van der Waals surface area contributed by atoms with E-state index in [1.807, 2.05) is 19.9 Å². The number of nitrogens with one attached hydrogen (secondary N) is 1. The molecule has 1 fully saturated rings. The van der Waals surface area contributed by atoms with Crippen LogP contribution in [-0.4, -0.2) is 18.4 Å². The van der Waals surface area contributed by atoms with Crippen LogP contribution in [0, 0.1) is 11.8 Å². The Morgan fingerprint density at radius 1 is 1.60 bits per heavy atom. The highest BCUT2D eigenvalue weighted by atomic mass is 19.3. The van der Waals surface area contributed by atoms with Gasteiger partial charge in [-0.3, -0.25) is 4.79 Å². The van der Waals surface area contributed by atoms with E-state index in [0.717, 1.165) is 0 Å². The topological polar surface area (TPSA) is 29.1 Å². The summed E-state index contributed by atoms with van der Waals surface area (Å²) in [5, 5.41) is 2.49. The van der Waals surface area contributed by atoms with Crippen molar-refractivity contribution in [1.82, 2.24) is 5.32 Å². The van der Waals surface area contributed by atoms with Crippen molar-refractivity contribution in [2.75, 3.05) is 6.54 Å². The predicted molar refractivity (Wildman–Crippen MR) is 54.7 cm³/mol. The van der Waals surface area contributed by atoms with Crippen molar-refractivity contribution in [1.29, 1.82) is 0 Å². The van der Waals surface area contributed by atoms with E-state index in [4.69, 9.17) is 0 Å². The molecule has 1 aliphatic rings. The second-order valence-electron chi connectivity index (χ2n) is 4.27. The molecule has 0 aromatic carbocycles. The van der Waals surface area contributed by atoms with Gasteiger partial charge in [-0.05, 0) is 12.3 Å². The Balaban J connectivity index is 2.25. The summed E-state index contributed by atoms with van der Waals surface area (Å²) in [7, 11) is 0. The standard InChI is InChI=1S/C11H17F2NO/c1-8(2)4-3-7-14-10(15)9-5-6-11(9,12)13/h3-4,8-9H,5-7H2,1-2H3,(H,14,15)/b4-3+. The Morgan fingerprint density at radius 2 is 2.27 bits per heavy atom. The lowest BCUT2D eigenvalue weighted by molar-refractivity contribution is -0.162. The van der Waals surface area contributed by atoms with Crippen molar-refractivity contribution in [2.24, 2.45) is 11.8 Å². The molecule has 1 N–H and O–H groups in total. The molecule has 0 aromatic rings. The van der Waals surface area contributed by atoms with Crippen LogP contribution in [0.15, 0.2) is 12.2 Å². The molecule has 0 aromatic heterocycles. The molecule has 1 amide bonds. The van der Waals surface area contributed by atoms with Gasteiger partial charge in [-0.1, -0.05) is 26.0 Å². The Labute approximate surface area is 88.7 Å². The molecule has 0 aliphatic heterocycles. The predicted octanol–water partition coefficient (Wildman–Crippen LogP) is 2.36. The highest BCUT2D eigenvalue weighted by molar-refractivity contribution is 5.80. The van der Waals surface area contributed by atoms with E-state index < -0.39 is 17.7 Å². The normalized spacial score (nSPS) is 24.2. The maximum absolute atomic E-state index is 12.8. The molecule has 0 heterocycles. The zero-order valence-electron chi connectivity index (χ0n) is 9.09. The van der Waals surface area contributed by atoms with E-state index in [1.54, 1.807) is 6.08 Å². The first-order chi connectivity index (χ1) is 6.93. The van der Waals surface area contributed by atoms with Gasteiger partial charge in [-0.25, -0.2) is 8.78 Å². The first-order valence-electron chi connectivity index (χ1n) is 5.25. The molecule has 86 valence electrons. The first-order valence-corrected chi connectivity index (χ1v) is 5.25. The van der Waals surface area contributed by atoms with Gasteiger partial charge in [0.05, 0.1) is 0 Å². The third-order valence-electron chi connectivity index (χ3n) is 2.51. The van der Waals surface area contributed by atoms with Crippen molar-refractivity contribution >= 4 is 5.91 Å². The highest BCUT2D eigenvalue weighted by Crippen LogP contribution is 2.43. The molecule has 0 spiro atoms.